The van der Waals surface area contributed by atoms with Gasteiger partial charge in [-0.05, 0) is 19.5 Å². The molecule has 1 heterocycles. The number of hydrogen-bond acceptors (Lipinski definition) is 2. The Morgan fingerprint density at radius 1 is 1.25 bits per heavy atom. The lowest BCUT2D eigenvalue weighted by molar-refractivity contribution is 0.793. The normalized spacial score (nSPS) is 10.6. The predicted molar refractivity (Wildman–Crippen MR) is 65.3 cm³/mol. The fourth-order valence-corrected chi connectivity index (χ4v) is 1.68. The fraction of sp³-hybridized carbons (Fsp3) is 0.308. The Morgan fingerprint density at radius 2 is 2.00 bits per heavy atom. The van der Waals surface area contributed by atoms with E-state index in [1.165, 1.54) is 11.1 Å². The van der Waals surface area contributed by atoms with Crippen molar-refractivity contribution in [3.8, 4) is 0 Å². The summed E-state index contributed by atoms with van der Waals surface area (Å²) in [5, 5.41) is 3.10. The minimum Gasteiger partial charge on any atom is -0.345 e. The zero-order valence-corrected chi connectivity index (χ0v) is 9.75. The topological polar surface area (TPSA) is 40.7 Å². The van der Waals surface area contributed by atoms with E-state index < -0.39 is 0 Å². The predicted octanol–water partition coefficient (Wildman–Crippen LogP) is 2.03. The van der Waals surface area contributed by atoms with Crippen LogP contribution in [-0.2, 0) is 13.0 Å². The van der Waals surface area contributed by atoms with Crippen LogP contribution in [0.4, 0.5) is 0 Å². The second-order valence-corrected chi connectivity index (χ2v) is 4.05. The molecule has 0 bridgehead atoms. The third-order valence-corrected chi connectivity index (χ3v) is 2.54. The fourth-order valence-electron chi connectivity index (χ4n) is 1.68. The Labute approximate surface area is 95.9 Å². The van der Waals surface area contributed by atoms with Gasteiger partial charge in [-0.2, -0.15) is 0 Å². The first-order valence-corrected chi connectivity index (χ1v) is 5.51. The van der Waals surface area contributed by atoms with E-state index in [0.717, 1.165) is 24.5 Å². The van der Waals surface area contributed by atoms with E-state index in [0.29, 0.717) is 0 Å². The second-order valence-electron chi connectivity index (χ2n) is 4.05. The molecular weight excluding hydrogens is 198 g/mol. The van der Waals surface area contributed by atoms with Crippen LogP contribution in [0.3, 0.4) is 0 Å². The maximum atomic E-state index is 4.36. The van der Waals surface area contributed by atoms with Crippen LogP contribution in [0.1, 0.15) is 22.6 Å². The molecule has 0 aliphatic rings. The van der Waals surface area contributed by atoms with Crippen molar-refractivity contribution in [3.63, 3.8) is 0 Å². The Hall–Kier alpha value is -1.61. The molecule has 2 rings (SSSR count). The van der Waals surface area contributed by atoms with Crippen molar-refractivity contribution in [1.29, 1.82) is 0 Å². The number of H-pyrrole nitrogens is 1. The number of benzene rings is 1. The highest BCUT2D eigenvalue weighted by molar-refractivity contribution is 5.24. The molecule has 2 aromatic rings. The van der Waals surface area contributed by atoms with Gasteiger partial charge in [0.2, 0.25) is 0 Å². The lowest BCUT2D eigenvalue weighted by atomic mass is 10.1. The van der Waals surface area contributed by atoms with Crippen molar-refractivity contribution < 1.29 is 0 Å². The Bertz CT molecular complexity index is 442. The molecule has 1 aromatic heterocycles. The maximum Gasteiger partial charge on any atom is 0.110 e. The van der Waals surface area contributed by atoms with Crippen molar-refractivity contribution in [3.05, 3.63) is 53.1 Å². The van der Waals surface area contributed by atoms with Gasteiger partial charge in [0, 0.05) is 24.9 Å². The molecule has 84 valence electrons. The van der Waals surface area contributed by atoms with Gasteiger partial charge >= 0.3 is 0 Å². The van der Waals surface area contributed by atoms with Gasteiger partial charge in [0.05, 0.1) is 0 Å². The largest absolute Gasteiger partial charge is 0.345 e. The van der Waals surface area contributed by atoms with Gasteiger partial charge in [-0.3, -0.25) is 0 Å². The summed E-state index contributed by atoms with van der Waals surface area (Å²) < 4.78 is 0. The van der Waals surface area contributed by atoms with Crippen LogP contribution in [0.15, 0.2) is 30.5 Å². The third kappa shape index (κ3) is 2.70. The molecule has 2 N–H and O–H groups in total. The number of rotatable bonds is 4. The third-order valence-electron chi connectivity index (χ3n) is 2.54. The van der Waals surface area contributed by atoms with Gasteiger partial charge in [-0.15, -0.1) is 0 Å². The average Bonchev–Trinajstić information content (AvgIpc) is 2.70. The maximum absolute atomic E-state index is 4.36. The van der Waals surface area contributed by atoms with Gasteiger partial charge in [0.1, 0.15) is 5.82 Å². The van der Waals surface area contributed by atoms with Gasteiger partial charge in [0.15, 0.2) is 0 Å². The quantitative estimate of drug-likeness (QED) is 0.819. The summed E-state index contributed by atoms with van der Waals surface area (Å²) in [4.78, 5) is 7.66. The van der Waals surface area contributed by atoms with E-state index in [1.807, 2.05) is 13.2 Å². The molecule has 0 spiro atoms. The van der Waals surface area contributed by atoms with Crippen LogP contribution < -0.4 is 5.32 Å². The zero-order valence-electron chi connectivity index (χ0n) is 9.75. The molecule has 16 heavy (non-hydrogen) atoms. The van der Waals surface area contributed by atoms with Crippen LogP contribution in [-0.4, -0.2) is 17.0 Å². The molecule has 0 aliphatic carbocycles. The van der Waals surface area contributed by atoms with E-state index in [-0.39, 0.29) is 0 Å². The lowest BCUT2D eigenvalue weighted by Crippen LogP contribution is -2.05. The van der Waals surface area contributed by atoms with Gasteiger partial charge in [-0.1, -0.05) is 29.8 Å². The lowest BCUT2D eigenvalue weighted by Gasteiger charge is -1.99. The molecule has 0 atom stereocenters. The van der Waals surface area contributed by atoms with E-state index >= 15 is 0 Å². The number of aryl methyl sites for hydroxylation is 1. The van der Waals surface area contributed by atoms with Crippen LogP contribution in [0.2, 0.25) is 0 Å². The summed E-state index contributed by atoms with van der Waals surface area (Å²) in [5.41, 5.74) is 3.71. The number of nitrogens with one attached hydrogen (secondary N) is 2. The van der Waals surface area contributed by atoms with Gasteiger partial charge in [0.25, 0.3) is 0 Å². The van der Waals surface area contributed by atoms with Crippen LogP contribution in [0.5, 0.6) is 0 Å². The van der Waals surface area contributed by atoms with Crippen molar-refractivity contribution in [2.75, 3.05) is 7.05 Å². The van der Waals surface area contributed by atoms with E-state index in [1.54, 1.807) is 0 Å². The number of hydrogen-bond donors (Lipinski definition) is 2. The molecule has 3 nitrogen and oxygen atoms in total. The summed E-state index contributed by atoms with van der Waals surface area (Å²) in [6.45, 7) is 2.93. The Kier molecular flexibility index (Phi) is 3.37. The van der Waals surface area contributed by atoms with Crippen molar-refractivity contribution in [2.45, 2.75) is 19.9 Å². The molecule has 0 aliphatic heterocycles. The average molecular weight is 215 g/mol. The molecule has 0 saturated carbocycles. The minimum atomic E-state index is 0.834. The first-order chi connectivity index (χ1) is 7.78. The SMILES string of the molecule is CNCc1cnc(Cc2ccc(C)cc2)[nH]1. The first-order valence-electron chi connectivity index (χ1n) is 5.51. The highest BCUT2D eigenvalue weighted by Crippen LogP contribution is 2.08. The van der Waals surface area contributed by atoms with E-state index in [4.69, 9.17) is 0 Å². The summed E-state index contributed by atoms with van der Waals surface area (Å²) in [6, 6.07) is 8.56. The molecule has 0 amide bonds. The standard InChI is InChI=1S/C13H17N3/c1-10-3-5-11(6-4-10)7-13-15-9-12(16-13)8-14-2/h3-6,9,14H,7-8H2,1-2H3,(H,15,16). The molecule has 0 fully saturated rings. The molecule has 3 heteroatoms. The van der Waals surface area contributed by atoms with E-state index in [9.17, 15) is 0 Å². The Balaban J connectivity index is 2.05. The summed E-state index contributed by atoms with van der Waals surface area (Å²) in [7, 11) is 1.93. The molecule has 1 aromatic carbocycles. The van der Waals surface area contributed by atoms with Crippen molar-refractivity contribution in [2.24, 2.45) is 0 Å². The number of aromatic nitrogens is 2. The van der Waals surface area contributed by atoms with E-state index in [2.05, 4.69) is 46.5 Å². The van der Waals surface area contributed by atoms with Crippen molar-refractivity contribution in [1.82, 2.24) is 15.3 Å². The number of imidazole rings is 1. The van der Waals surface area contributed by atoms with Gasteiger partial charge < -0.3 is 10.3 Å². The molecule has 0 unspecified atom stereocenters. The molecule has 0 saturated heterocycles. The van der Waals surface area contributed by atoms with Crippen LogP contribution in [0, 0.1) is 6.92 Å². The highest BCUT2D eigenvalue weighted by atomic mass is 14.9. The first kappa shape index (κ1) is 10.9. The number of nitrogens with zero attached hydrogens (tertiary/aromatic N) is 1. The highest BCUT2D eigenvalue weighted by Gasteiger charge is 2.01. The van der Waals surface area contributed by atoms with Gasteiger partial charge in [-0.25, -0.2) is 4.98 Å². The monoisotopic (exact) mass is 215 g/mol. The molecule has 0 radical (unpaired) electrons. The summed E-state index contributed by atoms with van der Waals surface area (Å²) in [5.74, 6) is 1.02. The van der Waals surface area contributed by atoms with Crippen LogP contribution >= 0.6 is 0 Å². The second kappa shape index (κ2) is 4.94. The Morgan fingerprint density at radius 3 is 2.69 bits per heavy atom. The summed E-state index contributed by atoms with van der Waals surface area (Å²) in [6.07, 6.45) is 2.75. The number of aromatic amines is 1. The minimum absolute atomic E-state index is 0.834. The summed E-state index contributed by atoms with van der Waals surface area (Å²) >= 11 is 0. The van der Waals surface area contributed by atoms with Crippen LogP contribution in [0.25, 0.3) is 0 Å². The molecular formula is C13H17N3. The zero-order chi connectivity index (χ0) is 11.4. The smallest absolute Gasteiger partial charge is 0.110 e. The van der Waals surface area contributed by atoms with Crippen molar-refractivity contribution >= 4 is 0 Å².